The fourth-order valence-electron chi connectivity index (χ4n) is 7.06. The molecule has 186 valence electrons. The van der Waals surface area contributed by atoms with Gasteiger partial charge in [-0.05, 0) is 96.3 Å². The van der Waals surface area contributed by atoms with Crippen LogP contribution in [-0.2, 0) is 12.8 Å². The third-order valence-electron chi connectivity index (χ3n) is 8.88. The summed E-state index contributed by atoms with van der Waals surface area (Å²) in [6.45, 7) is 0. The van der Waals surface area contributed by atoms with Gasteiger partial charge in [-0.25, -0.2) is 0 Å². The zero-order valence-corrected chi connectivity index (χ0v) is 21.6. The van der Waals surface area contributed by atoms with E-state index < -0.39 is 0 Å². The number of hydrogen-bond donors (Lipinski definition) is 0. The highest BCUT2D eigenvalue weighted by molar-refractivity contribution is 5.88. The highest BCUT2D eigenvalue weighted by Gasteiger charge is 2.39. The Labute approximate surface area is 224 Å². The standard InChI is InChI=1S/C36H31NO/c1-2-9-24(10-3-1)25-11-8-12-28(21-25)37-33-15-6-4-13-29(33)31-22-26(17-19-34(31)37)27-18-20-36-32(23-27)30-14-5-7-16-35(30)38-36/h1-4,8-13,17-23,29,33H,5-7,14-16H2. The van der Waals surface area contributed by atoms with Gasteiger partial charge in [-0.3, -0.25) is 0 Å². The lowest BCUT2D eigenvalue weighted by Gasteiger charge is -2.31. The van der Waals surface area contributed by atoms with Gasteiger partial charge in [0.2, 0.25) is 0 Å². The molecular weight excluding hydrogens is 462 g/mol. The molecule has 2 atom stereocenters. The van der Waals surface area contributed by atoms with E-state index in [9.17, 15) is 0 Å². The van der Waals surface area contributed by atoms with E-state index in [4.69, 9.17) is 4.42 Å². The van der Waals surface area contributed by atoms with Crippen molar-refractivity contribution in [3.05, 3.63) is 120 Å². The molecule has 1 aromatic heterocycles. The number of allylic oxidation sites excluding steroid dienone is 1. The lowest BCUT2D eigenvalue weighted by Crippen LogP contribution is -2.30. The number of rotatable bonds is 3. The third-order valence-corrected chi connectivity index (χ3v) is 8.88. The van der Waals surface area contributed by atoms with E-state index in [1.54, 1.807) is 0 Å². The maximum absolute atomic E-state index is 6.21. The smallest absolute Gasteiger partial charge is 0.134 e. The number of anilines is 2. The first-order chi connectivity index (χ1) is 18.8. The monoisotopic (exact) mass is 493 g/mol. The second-order valence-corrected chi connectivity index (χ2v) is 11.1. The van der Waals surface area contributed by atoms with Gasteiger partial charge in [-0.2, -0.15) is 0 Å². The Morgan fingerprint density at radius 1 is 0.711 bits per heavy atom. The topological polar surface area (TPSA) is 16.4 Å². The number of nitrogens with zero attached hydrogens (tertiary/aromatic N) is 1. The largest absolute Gasteiger partial charge is 0.461 e. The zero-order chi connectivity index (χ0) is 25.1. The molecule has 0 amide bonds. The van der Waals surface area contributed by atoms with E-state index in [1.165, 1.54) is 75.2 Å². The molecule has 4 aromatic carbocycles. The van der Waals surface area contributed by atoms with Gasteiger partial charge in [-0.15, -0.1) is 0 Å². The minimum atomic E-state index is 0.421. The number of benzene rings is 4. The molecule has 0 fully saturated rings. The number of hydrogen-bond acceptors (Lipinski definition) is 2. The van der Waals surface area contributed by atoms with Crippen molar-refractivity contribution < 1.29 is 4.42 Å². The minimum absolute atomic E-state index is 0.421. The summed E-state index contributed by atoms with van der Waals surface area (Å²) in [5.74, 6) is 1.63. The fraction of sp³-hybridized carbons (Fsp3) is 0.222. The molecule has 38 heavy (non-hydrogen) atoms. The Balaban J connectivity index is 1.22. The molecule has 2 unspecified atom stereocenters. The molecule has 8 rings (SSSR count). The first-order valence-electron chi connectivity index (χ1n) is 14.1. The molecule has 2 heterocycles. The summed E-state index contributed by atoms with van der Waals surface area (Å²) in [4.78, 5) is 2.61. The van der Waals surface area contributed by atoms with Gasteiger partial charge in [-0.1, -0.05) is 66.7 Å². The van der Waals surface area contributed by atoms with Gasteiger partial charge in [0, 0.05) is 40.7 Å². The third kappa shape index (κ3) is 3.47. The van der Waals surface area contributed by atoms with E-state index in [-0.39, 0.29) is 0 Å². The Kier molecular flexibility index (Phi) is 5.07. The molecule has 2 aliphatic carbocycles. The van der Waals surface area contributed by atoms with E-state index in [2.05, 4.69) is 108 Å². The number of fused-ring (bicyclic) bond motifs is 6. The van der Waals surface area contributed by atoms with Crippen LogP contribution in [0.4, 0.5) is 11.4 Å². The highest BCUT2D eigenvalue weighted by Crippen LogP contribution is 2.50. The molecular formula is C36H31NO. The molecule has 0 N–H and O–H groups in total. The van der Waals surface area contributed by atoms with Crippen molar-refractivity contribution >= 4 is 22.3 Å². The molecule has 3 aliphatic rings. The van der Waals surface area contributed by atoms with Crippen LogP contribution >= 0.6 is 0 Å². The van der Waals surface area contributed by atoms with Crippen LogP contribution in [0.1, 0.15) is 48.5 Å². The Hall–Kier alpha value is -4.04. The van der Waals surface area contributed by atoms with Gasteiger partial charge >= 0.3 is 0 Å². The van der Waals surface area contributed by atoms with Crippen LogP contribution in [0.25, 0.3) is 33.2 Å². The van der Waals surface area contributed by atoms with Crippen molar-refractivity contribution in [2.75, 3.05) is 4.90 Å². The first kappa shape index (κ1) is 22.0. The van der Waals surface area contributed by atoms with Crippen molar-refractivity contribution in [1.82, 2.24) is 0 Å². The average molecular weight is 494 g/mol. The number of aryl methyl sites for hydroxylation is 2. The average Bonchev–Trinajstić information content (AvgIpc) is 3.53. The van der Waals surface area contributed by atoms with Crippen LogP contribution in [0.2, 0.25) is 0 Å². The highest BCUT2D eigenvalue weighted by atomic mass is 16.3. The molecule has 0 spiro atoms. The second kappa shape index (κ2) is 8.77. The van der Waals surface area contributed by atoms with E-state index in [0.29, 0.717) is 12.0 Å². The quantitative estimate of drug-likeness (QED) is 0.233. The normalized spacial score (nSPS) is 19.8. The van der Waals surface area contributed by atoms with E-state index >= 15 is 0 Å². The van der Waals surface area contributed by atoms with Crippen LogP contribution in [-0.4, -0.2) is 6.04 Å². The van der Waals surface area contributed by atoms with Crippen molar-refractivity contribution in [2.24, 2.45) is 0 Å². The molecule has 5 aromatic rings. The summed E-state index contributed by atoms with van der Waals surface area (Å²) < 4.78 is 6.21. The summed E-state index contributed by atoms with van der Waals surface area (Å²) in [5, 5.41) is 1.31. The van der Waals surface area contributed by atoms with Gasteiger partial charge < -0.3 is 9.32 Å². The lowest BCUT2D eigenvalue weighted by molar-refractivity contribution is 0.506. The lowest BCUT2D eigenvalue weighted by atomic mass is 9.86. The summed E-state index contributed by atoms with van der Waals surface area (Å²) in [6, 6.07) is 34.2. The Bertz CT molecular complexity index is 1690. The Morgan fingerprint density at radius 2 is 1.53 bits per heavy atom. The summed E-state index contributed by atoms with van der Waals surface area (Å²) in [5.41, 5.74) is 11.7. The van der Waals surface area contributed by atoms with Crippen LogP contribution in [0.5, 0.6) is 0 Å². The first-order valence-corrected chi connectivity index (χ1v) is 14.1. The van der Waals surface area contributed by atoms with Crippen LogP contribution in [0.15, 0.2) is 108 Å². The van der Waals surface area contributed by atoms with Crippen molar-refractivity contribution in [3.63, 3.8) is 0 Å². The van der Waals surface area contributed by atoms with Crippen molar-refractivity contribution in [3.8, 4) is 22.3 Å². The molecule has 0 bridgehead atoms. The van der Waals surface area contributed by atoms with E-state index in [0.717, 1.165) is 24.8 Å². The van der Waals surface area contributed by atoms with Crippen LogP contribution in [0, 0.1) is 0 Å². The minimum Gasteiger partial charge on any atom is -0.461 e. The molecule has 2 nitrogen and oxygen atoms in total. The van der Waals surface area contributed by atoms with Gasteiger partial charge in [0.25, 0.3) is 0 Å². The molecule has 2 heteroatoms. The van der Waals surface area contributed by atoms with Gasteiger partial charge in [0.05, 0.1) is 0 Å². The van der Waals surface area contributed by atoms with Crippen molar-refractivity contribution in [2.45, 2.75) is 50.5 Å². The Morgan fingerprint density at radius 3 is 2.47 bits per heavy atom. The molecule has 0 saturated heterocycles. The van der Waals surface area contributed by atoms with Crippen LogP contribution < -0.4 is 4.90 Å². The SMILES string of the molecule is C1=CC2c3cc(-c4ccc5oc6c(c5c4)CCCC6)ccc3N(c3cccc(-c4ccccc4)c3)C2CC1. The predicted octanol–water partition coefficient (Wildman–Crippen LogP) is 9.60. The van der Waals surface area contributed by atoms with Gasteiger partial charge in [0.15, 0.2) is 0 Å². The van der Waals surface area contributed by atoms with Crippen molar-refractivity contribution in [1.29, 1.82) is 0 Å². The second-order valence-electron chi connectivity index (χ2n) is 11.1. The van der Waals surface area contributed by atoms with Gasteiger partial charge in [0.1, 0.15) is 11.3 Å². The number of furan rings is 1. The zero-order valence-electron chi connectivity index (χ0n) is 21.6. The van der Waals surface area contributed by atoms with E-state index in [1.807, 2.05) is 0 Å². The summed E-state index contributed by atoms with van der Waals surface area (Å²) in [6.07, 6.45) is 11.9. The summed E-state index contributed by atoms with van der Waals surface area (Å²) >= 11 is 0. The van der Waals surface area contributed by atoms with Crippen LogP contribution in [0.3, 0.4) is 0 Å². The maximum Gasteiger partial charge on any atom is 0.134 e. The fourth-order valence-corrected chi connectivity index (χ4v) is 7.06. The predicted molar refractivity (Wildman–Crippen MR) is 157 cm³/mol. The molecule has 1 aliphatic heterocycles. The molecule has 0 saturated carbocycles. The maximum atomic E-state index is 6.21. The summed E-state index contributed by atoms with van der Waals surface area (Å²) in [7, 11) is 0. The molecule has 0 radical (unpaired) electrons.